The van der Waals surface area contributed by atoms with E-state index in [0.29, 0.717) is 12.1 Å². The maximum Gasteiger partial charge on any atom is 0.279 e. The van der Waals surface area contributed by atoms with Crippen molar-refractivity contribution >= 4 is 17.4 Å². The second-order valence-electron chi connectivity index (χ2n) is 7.85. The molecule has 6 nitrogen and oxygen atoms in total. The second kappa shape index (κ2) is 9.67. The number of nitrogens with one attached hydrogen (secondary N) is 3. The number of anilines is 1. The van der Waals surface area contributed by atoms with Gasteiger partial charge in [0.05, 0.1) is 7.11 Å². The third-order valence-electron chi connectivity index (χ3n) is 5.53. The molecule has 6 heteroatoms. The Morgan fingerprint density at radius 1 is 1.00 bits per heavy atom. The summed E-state index contributed by atoms with van der Waals surface area (Å²) in [5, 5.41) is 2.93. The van der Waals surface area contributed by atoms with Gasteiger partial charge < -0.3 is 19.9 Å². The van der Waals surface area contributed by atoms with E-state index in [1.54, 1.807) is 31.4 Å². The Labute approximate surface area is 172 Å². The SMILES string of the molecule is COc1ccc(C)cc1C[NH+]1CC[NH+](CC(=O)Nc2ccc(C(C)=O)cc2)CC1. The summed E-state index contributed by atoms with van der Waals surface area (Å²) < 4.78 is 5.50. The lowest BCUT2D eigenvalue weighted by Gasteiger charge is -2.29. The number of rotatable bonds is 7. The van der Waals surface area contributed by atoms with Crippen LogP contribution < -0.4 is 19.9 Å². The molecule has 2 aromatic rings. The first-order valence-corrected chi connectivity index (χ1v) is 10.2. The molecule has 2 aromatic carbocycles. The highest BCUT2D eigenvalue weighted by molar-refractivity contribution is 5.95. The van der Waals surface area contributed by atoms with Crippen LogP contribution in [0.4, 0.5) is 5.69 Å². The first kappa shape index (κ1) is 21.0. The van der Waals surface area contributed by atoms with E-state index in [1.807, 2.05) is 6.07 Å². The van der Waals surface area contributed by atoms with Gasteiger partial charge in [-0.05, 0) is 50.2 Å². The molecule has 0 bridgehead atoms. The van der Waals surface area contributed by atoms with Crippen LogP contribution in [0, 0.1) is 6.92 Å². The Bertz CT molecular complexity index is 856. The molecule has 1 fully saturated rings. The molecule has 29 heavy (non-hydrogen) atoms. The molecular formula is C23H31N3O3+2. The van der Waals surface area contributed by atoms with Gasteiger partial charge in [0.25, 0.3) is 5.91 Å². The van der Waals surface area contributed by atoms with E-state index >= 15 is 0 Å². The predicted molar refractivity (Wildman–Crippen MR) is 113 cm³/mol. The van der Waals surface area contributed by atoms with Gasteiger partial charge in [-0.3, -0.25) is 9.59 Å². The summed E-state index contributed by atoms with van der Waals surface area (Å²) in [5.41, 5.74) is 3.88. The largest absolute Gasteiger partial charge is 0.496 e. The number of carbonyl (C=O) groups is 2. The minimum Gasteiger partial charge on any atom is -0.496 e. The number of amides is 1. The zero-order valence-corrected chi connectivity index (χ0v) is 17.5. The molecule has 3 N–H and O–H groups in total. The van der Waals surface area contributed by atoms with E-state index < -0.39 is 0 Å². The van der Waals surface area contributed by atoms with Crippen LogP contribution >= 0.6 is 0 Å². The molecule has 154 valence electrons. The van der Waals surface area contributed by atoms with Gasteiger partial charge in [0.1, 0.15) is 38.5 Å². The average Bonchev–Trinajstić information content (AvgIpc) is 2.70. The molecule has 0 spiro atoms. The Hall–Kier alpha value is -2.70. The average molecular weight is 398 g/mol. The molecule has 1 heterocycles. The van der Waals surface area contributed by atoms with Crippen molar-refractivity contribution in [3.05, 3.63) is 59.2 Å². The topological polar surface area (TPSA) is 64.3 Å². The van der Waals surface area contributed by atoms with Gasteiger partial charge >= 0.3 is 0 Å². The standard InChI is InChI=1S/C23H29N3O3/c1-17-4-9-22(29-3)20(14-17)15-25-10-12-26(13-11-25)16-23(28)24-21-7-5-19(6-8-21)18(2)27/h4-9,14H,10-13,15-16H2,1-3H3,(H,24,28)/p+2. The molecule has 3 rings (SSSR count). The van der Waals surface area contributed by atoms with Gasteiger partial charge in [-0.15, -0.1) is 0 Å². The number of hydrogen-bond acceptors (Lipinski definition) is 3. The number of carbonyl (C=O) groups excluding carboxylic acids is 2. The fourth-order valence-corrected chi connectivity index (χ4v) is 3.85. The number of quaternary nitrogens is 2. The van der Waals surface area contributed by atoms with Crippen molar-refractivity contribution in [2.24, 2.45) is 0 Å². The number of piperazine rings is 1. The van der Waals surface area contributed by atoms with Crippen molar-refractivity contribution in [1.29, 1.82) is 0 Å². The Morgan fingerprint density at radius 3 is 2.28 bits per heavy atom. The molecule has 1 amide bonds. The molecular weight excluding hydrogens is 366 g/mol. The van der Waals surface area contributed by atoms with E-state index in [1.165, 1.54) is 27.9 Å². The van der Waals surface area contributed by atoms with E-state index in [0.717, 1.165) is 44.2 Å². The summed E-state index contributed by atoms with van der Waals surface area (Å²) in [5.74, 6) is 0.989. The zero-order chi connectivity index (χ0) is 20.8. The lowest BCUT2D eigenvalue weighted by atomic mass is 10.1. The van der Waals surface area contributed by atoms with Gasteiger partial charge in [0.15, 0.2) is 12.3 Å². The number of hydrogen-bond donors (Lipinski definition) is 3. The summed E-state index contributed by atoms with van der Waals surface area (Å²) in [6.45, 7) is 9.07. The van der Waals surface area contributed by atoms with Crippen molar-refractivity contribution in [3.8, 4) is 5.75 Å². The van der Waals surface area contributed by atoms with Crippen LogP contribution in [0.25, 0.3) is 0 Å². The minimum atomic E-state index is 0.0133. The molecule has 1 aliphatic rings. The van der Waals surface area contributed by atoms with E-state index in [4.69, 9.17) is 4.74 Å². The third-order valence-corrected chi connectivity index (χ3v) is 5.53. The predicted octanol–water partition coefficient (Wildman–Crippen LogP) is 0.128. The first-order valence-electron chi connectivity index (χ1n) is 10.2. The van der Waals surface area contributed by atoms with Crippen LogP contribution in [0.15, 0.2) is 42.5 Å². The van der Waals surface area contributed by atoms with Crippen molar-refractivity contribution in [2.45, 2.75) is 20.4 Å². The highest BCUT2D eigenvalue weighted by Gasteiger charge is 2.25. The van der Waals surface area contributed by atoms with Crippen LogP contribution in [0.1, 0.15) is 28.4 Å². The Morgan fingerprint density at radius 2 is 1.66 bits per heavy atom. The third kappa shape index (κ3) is 5.89. The molecule has 0 aromatic heterocycles. The number of benzene rings is 2. The number of ether oxygens (including phenoxy) is 1. The highest BCUT2D eigenvalue weighted by atomic mass is 16.5. The maximum absolute atomic E-state index is 12.4. The van der Waals surface area contributed by atoms with Crippen molar-refractivity contribution in [2.75, 3.05) is 45.2 Å². The fourth-order valence-electron chi connectivity index (χ4n) is 3.85. The quantitative estimate of drug-likeness (QED) is 0.582. The summed E-state index contributed by atoms with van der Waals surface area (Å²) in [4.78, 5) is 26.5. The minimum absolute atomic E-state index is 0.0133. The van der Waals surface area contributed by atoms with Crippen molar-refractivity contribution in [1.82, 2.24) is 0 Å². The van der Waals surface area contributed by atoms with Gasteiger partial charge in [-0.1, -0.05) is 11.6 Å². The fraction of sp³-hybridized carbons (Fsp3) is 0.391. The number of methoxy groups -OCH3 is 1. The summed E-state index contributed by atoms with van der Waals surface area (Å²) in [6.07, 6.45) is 0. The Kier molecular flexibility index (Phi) is 7.01. The normalized spacial score (nSPS) is 18.9. The Balaban J connectivity index is 1.46. The van der Waals surface area contributed by atoms with Gasteiger partial charge in [0.2, 0.25) is 0 Å². The van der Waals surface area contributed by atoms with Crippen LogP contribution in [-0.4, -0.2) is 51.5 Å². The molecule has 1 saturated heterocycles. The monoisotopic (exact) mass is 397 g/mol. The van der Waals surface area contributed by atoms with Gasteiger partial charge in [-0.25, -0.2) is 0 Å². The molecule has 0 saturated carbocycles. The van der Waals surface area contributed by atoms with Gasteiger partial charge in [-0.2, -0.15) is 0 Å². The van der Waals surface area contributed by atoms with Crippen LogP contribution in [0.5, 0.6) is 5.75 Å². The number of Topliss-reactive ketones (excluding diaryl/α,β-unsaturated/α-hetero) is 1. The second-order valence-corrected chi connectivity index (χ2v) is 7.85. The maximum atomic E-state index is 12.4. The van der Waals surface area contributed by atoms with E-state index in [9.17, 15) is 9.59 Å². The number of aryl methyl sites for hydroxylation is 1. The lowest BCUT2D eigenvalue weighted by Crippen LogP contribution is -3.28. The van der Waals surface area contributed by atoms with Crippen LogP contribution in [0.3, 0.4) is 0 Å². The molecule has 0 aliphatic carbocycles. The molecule has 0 radical (unpaired) electrons. The summed E-state index contributed by atoms with van der Waals surface area (Å²) in [7, 11) is 1.72. The molecule has 1 aliphatic heterocycles. The van der Waals surface area contributed by atoms with E-state index in [-0.39, 0.29) is 11.7 Å². The van der Waals surface area contributed by atoms with Crippen LogP contribution in [0.2, 0.25) is 0 Å². The smallest absolute Gasteiger partial charge is 0.279 e. The van der Waals surface area contributed by atoms with Crippen LogP contribution in [-0.2, 0) is 11.3 Å². The first-order chi connectivity index (χ1) is 13.9. The zero-order valence-electron chi connectivity index (χ0n) is 17.5. The van der Waals surface area contributed by atoms with Crippen molar-refractivity contribution in [3.63, 3.8) is 0 Å². The van der Waals surface area contributed by atoms with Gasteiger partial charge in [0, 0.05) is 16.8 Å². The molecule has 0 atom stereocenters. The van der Waals surface area contributed by atoms with E-state index in [2.05, 4.69) is 24.4 Å². The summed E-state index contributed by atoms with van der Waals surface area (Å²) >= 11 is 0. The number of ketones is 1. The lowest BCUT2D eigenvalue weighted by molar-refractivity contribution is -1.02. The molecule has 0 unspecified atom stereocenters. The van der Waals surface area contributed by atoms with Crippen molar-refractivity contribution < 1.29 is 24.1 Å². The highest BCUT2D eigenvalue weighted by Crippen LogP contribution is 2.18. The summed E-state index contributed by atoms with van der Waals surface area (Å²) in [6, 6.07) is 13.4.